The van der Waals surface area contributed by atoms with E-state index in [2.05, 4.69) is 4.52 Å². The molecule has 0 heterocycles. The Morgan fingerprint density at radius 1 is 1.09 bits per heavy atom. The second-order valence-corrected chi connectivity index (χ2v) is 6.39. The molecule has 0 saturated heterocycles. The van der Waals surface area contributed by atoms with Gasteiger partial charge in [-0.05, 0) is 30.0 Å². The lowest BCUT2D eigenvalue weighted by molar-refractivity contribution is 0.281. The molecule has 1 unspecified atom stereocenters. The molecule has 1 atom stereocenters. The summed E-state index contributed by atoms with van der Waals surface area (Å²) < 4.78 is 15.6. The van der Waals surface area contributed by atoms with Crippen molar-refractivity contribution in [2.45, 2.75) is 19.3 Å². The van der Waals surface area contributed by atoms with Crippen molar-refractivity contribution in [2.24, 2.45) is 0 Å². The third kappa shape index (κ3) is 4.63. The Bertz CT molecular complexity index is 753. The van der Waals surface area contributed by atoms with Gasteiger partial charge < -0.3 is 19.8 Å². The lowest BCUT2D eigenvalue weighted by Gasteiger charge is -2.17. The van der Waals surface area contributed by atoms with E-state index in [9.17, 15) is 19.9 Å². The first-order valence-electron chi connectivity index (χ1n) is 6.74. The van der Waals surface area contributed by atoms with Crippen molar-refractivity contribution in [1.82, 2.24) is 0 Å². The minimum absolute atomic E-state index is 0.0935. The van der Waals surface area contributed by atoms with Crippen molar-refractivity contribution < 1.29 is 34.2 Å². The van der Waals surface area contributed by atoms with Crippen molar-refractivity contribution in [2.75, 3.05) is 0 Å². The molecule has 0 saturated carbocycles. The highest BCUT2D eigenvalue weighted by molar-refractivity contribution is 7.46. The van der Waals surface area contributed by atoms with Crippen LogP contribution in [0.15, 0.2) is 36.4 Å². The summed E-state index contributed by atoms with van der Waals surface area (Å²) in [5.74, 6) is -1.09. The van der Waals surface area contributed by atoms with Crippen molar-refractivity contribution in [3.63, 3.8) is 0 Å². The first kappa shape index (κ1) is 17.1. The minimum Gasteiger partial charge on any atom is -0.508 e. The van der Waals surface area contributed by atoms with E-state index in [0.29, 0.717) is 0 Å². The highest BCUT2D eigenvalue weighted by Crippen LogP contribution is 2.44. The van der Waals surface area contributed by atoms with Gasteiger partial charge >= 0.3 is 7.82 Å². The van der Waals surface area contributed by atoms with Crippen molar-refractivity contribution in [3.8, 4) is 23.0 Å². The Morgan fingerprint density at radius 2 is 1.78 bits per heavy atom. The standard InChI is InChI=1S/C15H17O7P/c1-9(10-3-2-4-11(16)6-10)5-13-14(18)7-12(17)8-15(13)22-23(19,20)21/h2-4,6-9,16-18H,5H2,1H3,(H2,19,20,21). The maximum Gasteiger partial charge on any atom is 0.524 e. The van der Waals surface area contributed by atoms with Gasteiger partial charge in [0.1, 0.15) is 23.0 Å². The molecule has 0 spiro atoms. The highest BCUT2D eigenvalue weighted by atomic mass is 31.2. The van der Waals surface area contributed by atoms with E-state index in [0.717, 1.165) is 17.7 Å². The van der Waals surface area contributed by atoms with E-state index in [-0.39, 0.29) is 40.9 Å². The van der Waals surface area contributed by atoms with Gasteiger partial charge in [-0.2, -0.15) is 0 Å². The van der Waals surface area contributed by atoms with Gasteiger partial charge in [-0.25, -0.2) is 4.57 Å². The van der Waals surface area contributed by atoms with Crippen LogP contribution in [-0.2, 0) is 11.0 Å². The number of phenols is 3. The Balaban J connectivity index is 2.36. The molecule has 2 aromatic carbocycles. The fourth-order valence-electron chi connectivity index (χ4n) is 2.29. The van der Waals surface area contributed by atoms with E-state index in [1.54, 1.807) is 18.2 Å². The molecule has 0 bridgehead atoms. The number of hydrogen-bond acceptors (Lipinski definition) is 5. The van der Waals surface area contributed by atoms with Gasteiger partial charge in [-0.1, -0.05) is 19.1 Å². The van der Waals surface area contributed by atoms with Crippen LogP contribution in [0.4, 0.5) is 0 Å². The summed E-state index contributed by atoms with van der Waals surface area (Å²) in [5.41, 5.74) is 0.932. The zero-order valence-corrected chi connectivity index (χ0v) is 13.1. The number of rotatable bonds is 5. The fraction of sp³-hybridized carbons (Fsp3) is 0.200. The Morgan fingerprint density at radius 3 is 2.39 bits per heavy atom. The molecule has 0 aliphatic heterocycles. The lowest BCUT2D eigenvalue weighted by atomic mass is 9.92. The van der Waals surface area contributed by atoms with Crippen LogP contribution in [0.5, 0.6) is 23.0 Å². The van der Waals surface area contributed by atoms with Gasteiger partial charge in [0.2, 0.25) is 0 Å². The van der Waals surface area contributed by atoms with E-state index in [1.165, 1.54) is 6.07 Å². The van der Waals surface area contributed by atoms with E-state index >= 15 is 0 Å². The second kappa shape index (κ2) is 6.50. The van der Waals surface area contributed by atoms with Gasteiger partial charge in [-0.3, -0.25) is 9.79 Å². The van der Waals surface area contributed by atoms with Crippen LogP contribution < -0.4 is 4.52 Å². The third-order valence-corrected chi connectivity index (χ3v) is 3.77. The normalized spacial score (nSPS) is 12.8. The van der Waals surface area contributed by atoms with Gasteiger partial charge in [0.05, 0.1) is 0 Å². The molecule has 2 rings (SSSR count). The van der Waals surface area contributed by atoms with Crippen LogP contribution in [0.1, 0.15) is 24.0 Å². The van der Waals surface area contributed by atoms with Gasteiger partial charge in [0.15, 0.2) is 0 Å². The molecule has 5 N–H and O–H groups in total. The summed E-state index contributed by atoms with van der Waals surface area (Å²) in [4.78, 5) is 17.9. The molecule has 23 heavy (non-hydrogen) atoms. The first-order valence-corrected chi connectivity index (χ1v) is 8.27. The van der Waals surface area contributed by atoms with Gasteiger partial charge in [0.25, 0.3) is 0 Å². The Labute approximate surface area is 132 Å². The zero-order valence-electron chi connectivity index (χ0n) is 12.2. The van der Waals surface area contributed by atoms with Crippen LogP contribution in [-0.4, -0.2) is 25.1 Å². The number of hydrogen-bond donors (Lipinski definition) is 5. The monoisotopic (exact) mass is 340 g/mol. The predicted molar refractivity (Wildman–Crippen MR) is 82.7 cm³/mol. The van der Waals surface area contributed by atoms with Crippen LogP contribution in [0.2, 0.25) is 0 Å². The largest absolute Gasteiger partial charge is 0.524 e. The van der Waals surface area contributed by atoms with Crippen molar-refractivity contribution in [3.05, 3.63) is 47.5 Å². The van der Waals surface area contributed by atoms with Crippen molar-refractivity contribution >= 4 is 7.82 Å². The zero-order chi connectivity index (χ0) is 17.2. The first-order chi connectivity index (χ1) is 10.7. The SMILES string of the molecule is CC(Cc1c(O)cc(O)cc1OP(=O)(O)O)c1cccc(O)c1. The van der Waals surface area contributed by atoms with E-state index in [1.807, 2.05) is 6.92 Å². The summed E-state index contributed by atoms with van der Waals surface area (Å²) in [5, 5.41) is 29.0. The van der Waals surface area contributed by atoms with Crippen LogP contribution >= 0.6 is 7.82 Å². The quantitative estimate of drug-likeness (QED) is 0.529. The average Bonchev–Trinajstić information content (AvgIpc) is 2.40. The highest BCUT2D eigenvalue weighted by Gasteiger charge is 2.23. The maximum absolute atomic E-state index is 11.1. The maximum atomic E-state index is 11.1. The Hall–Kier alpha value is -2.21. The van der Waals surface area contributed by atoms with E-state index in [4.69, 9.17) is 9.79 Å². The van der Waals surface area contributed by atoms with Crippen LogP contribution in [0.3, 0.4) is 0 Å². The minimum atomic E-state index is -4.84. The lowest BCUT2D eigenvalue weighted by Crippen LogP contribution is -2.02. The fourth-order valence-corrected chi connectivity index (χ4v) is 2.71. The van der Waals surface area contributed by atoms with E-state index < -0.39 is 7.82 Å². The predicted octanol–water partition coefficient (Wildman–Crippen LogP) is 2.62. The number of benzene rings is 2. The summed E-state index contributed by atoms with van der Waals surface area (Å²) in [6.45, 7) is 1.82. The molecule has 0 aliphatic carbocycles. The number of phosphoric acid groups is 1. The number of phosphoric ester groups is 1. The van der Waals surface area contributed by atoms with Gasteiger partial charge in [-0.15, -0.1) is 0 Å². The van der Waals surface area contributed by atoms with Crippen LogP contribution in [0.25, 0.3) is 0 Å². The average molecular weight is 340 g/mol. The molecule has 0 radical (unpaired) electrons. The second-order valence-electron chi connectivity index (χ2n) is 5.22. The molecule has 7 nitrogen and oxygen atoms in total. The molecular formula is C15H17O7P. The molecule has 124 valence electrons. The molecule has 2 aromatic rings. The number of aromatic hydroxyl groups is 3. The summed E-state index contributed by atoms with van der Waals surface area (Å²) >= 11 is 0. The molecular weight excluding hydrogens is 323 g/mol. The topological polar surface area (TPSA) is 127 Å². The molecule has 0 fully saturated rings. The summed E-state index contributed by atoms with van der Waals surface area (Å²) in [7, 11) is -4.84. The molecule has 0 aromatic heterocycles. The summed E-state index contributed by atoms with van der Waals surface area (Å²) in [6, 6.07) is 8.64. The van der Waals surface area contributed by atoms with Gasteiger partial charge in [0, 0.05) is 17.7 Å². The Kier molecular flexibility index (Phi) is 4.85. The third-order valence-electron chi connectivity index (χ3n) is 3.34. The van der Waals surface area contributed by atoms with Crippen LogP contribution in [0, 0.1) is 0 Å². The number of phenolic OH excluding ortho intramolecular Hbond substituents is 3. The molecule has 0 amide bonds. The smallest absolute Gasteiger partial charge is 0.508 e. The molecule has 8 heteroatoms. The van der Waals surface area contributed by atoms with Crippen molar-refractivity contribution in [1.29, 1.82) is 0 Å². The summed E-state index contributed by atoms with van der Waals surface area (Å²) in [6.07, 6.45) is 0.185. The molecule has 0 aliphatic rings.